The summed E-state index contributed by atoms with van der Waals surface area (Å²) in [5.41, 5.74) is 1.14. The molecule has 162 valence electrons. The fraction of sp³-hybridized carbons (Fsp3) is 0.222. The Kier molecular flexibility index (Phi) is 6.57. The number of nitrogens with zero attached hydrogens (tertiary/aromatic N) is 4. The molecule has 0 saturated carbocycles. The molecule has 0 aliphatic heterocycles. The molecule has 13 heteroatoms. The number of aliphatic hydroxyl groups excluding tert-OH is 1. The first kappa shape index (κ1) is 21.4. The van der Waals surface area contributed by atoms with Crippen LogP contribution in [0.3, 0.4) is 0 Å². The number of hydrogen-bond donors (Lipinski definition) is 4. The fourth-order valence-corrected chi connectivity index (χ4v) is 2.59. The summed E-state index contributed by atoms with van der Waals surface area (Å²) >= 11 is 0. The maximum atomic E-state index is 12.2. The minimum absolute atomic E-state index is 0.0208. The van der Waals surface area contributed by atoms with E-state index in [1.54, 1.807) is 18.2 Å². The lowest BCUT2D eigenvalue weighted by Gasteiger charge is -2.15. The predicted molar refractivity (Wildman–Crippen MR) is 107 cm³/mol. The van der Waals surface area contributed by atoms with Gasteiger partial charge in [0.05, 0.1) is 31.2 Å². The van der Waals surface area contributed by atoms with Crippen molar-refractivity contribution in [2.75, 3.05) is 31.9 Å². The molecule has 4 N–H and O–H groups in total. The van der Waals surface area contributed by atoms with Gasteiger partial charge in [-0.25, -0.2) is 4.79 Å². The third-order valence-corrected chi connectivity index (χ3v) is 3.98. The zero-order chi connectivity index (χ0) is 22.4. The number of aromatic nitrogens is 4. The van der Waals surface area contributed by atoms with Crippen LogP contribution in [-0.4, -0.2) is 58.7 Å². The van der Waals surface area contributed by atoms with E-state index in [1.807, 2.05) is 0 Å². The van der Waals surface area contributed by atoms with Gasteiger partial charge < -0.3 is 29.7 Å². The fourth-order valence-electron chi connectivity index (χ4n) is 2.59. The van der Waals surface area contributed by atoms with Crippen LogP contribution in [0.1, 0.15) is 16.4 Å². The van der Waals surface area contributed by atoms with E-state index in [-0.39, 0.29) is 28.9 Å². The van der Waals surface area contributed by atoms with Gasteiger partial charge in [-0.05, 0) is 12.1 Å². The molecule has 0 aliphatic rings. The van der Waals surface area contributed by atoms with Crippen molar-refractivity contribution in [2.45, 2.75) is 6.61 Å². The van der Waals surface area contributed by atoms with Gasteiger partial charge in [-0.3, -0.25) is 10.1 Å². The highest BCUT2D eigenvalue weighted by molar-refractivity contribution is 5.99. The van der Waals surface area contributed by atoms with Crippen LogP contribution < -0.4 is 20.7 Å². The highest BCUT2D eigenvalue weighted by Crippen LogP contribution is 2.37. The average Bonchev–Trinajstić information content (AvgIpc) is 3.27. The number of carbonyl (C=O) groups is 2. The molecule has 0 atom stereocenters. The van der Waals surface area contributed by atoms with Gasteiger partial charge in [0.25, 0.3) is 11.8 Å². The summed E-state index contributed by atoms with van der Waals surface area (Å²) < 4.78 is 15.0. The summed E-state index contributed by atoms with van der Waals surface area (Å²) in [7, 11) is 4.10. The molecule has 2 amide bonds. The standard InChI is InChI=1S/C18H19N7O6/c1-19-17(27)14-11(7-12(23-24-14)21-18(28)30-3)20-10-6-4-5-9(15(10)29-2)16-22-13(8-26)31-25-16/h4-7,26H,8H2,1-3H3,(H,19,27)(H2,20,21,23,28). The molecule has 0 saturated heterocycles. The average molecular weight is 429 g/mol. The zero-order valence-corrected chi connectivity index (χ0v) is 16.8. The van der Waals surface area contributed by atoms with Crippen LogP contribution in [-0.2, 0) is 11.3 Å². The van der Waals surface area contributed by atoms with Crippen LogP contribution in [0.25, 0.3) is 11.4 Å². The Morgan fingerprint density at radius 1 is 1.19 bits per heavy atom. The summed E-state index contributed by atoms with van der Waals surface area (Å²) in [6, 6.07) is 6.51. The number of nitrogens with one attached hydrogen (secondary N) is 3. The van der Waals surface area contributed by atoms with Crippen LogP contribution in [0.4, 0.5) is 22.0 Å². The van der Waals surface area contributed by atoms with E-state index in [2.05, 4.69) is 41.0 Å². The monoisotopic (exact) mass is 429 g/mol. The molecule has 2 aromatic heterocycles. The topological polar surface area (TPSA) is 174 Å². The van der Waals surface area contributed by atoms with E-state index in [0.717, 1.165) is 0 Å². The van der Waals surface area contributed by atoms with Gasteiger partial charge >= 0.3 is 6.09 Å². The van der Waals surface area contributed by atoms with Gasteiger partial charge in [-0.15, -0.1) is 10.2 Å². The number of aliphatic hydroxyl groups is 1. The second-order valence-electron chi connectivity index (χ2n) is 5.87. The number of hydrogen-bond acceptors (Lipinski definition) is 11. The molecule has 0 aliphatic carbocycles. The second kappa shape index (κ2) is 9.49. The van der Waals surface area contributed by atoms with Crippen LogP contribution >= 0.6 is 0 Å². The number of methoxy groups -OCH3 is 2. The lowest BCUT2D eigenvalue weighted by Crippen LogP contribution is -2.22. The highest BCUT2D eigenvalue weighted by Gasteiger charge is 2.20. The van der Waals surface area contributed by atoms with E-state index in [1.165, 1.54) is 27.3 Å². The maximum absolute atomic E-state index is 12.2. The first-order valence-corrected chi connectivity index (χ1v) is 8.83. The van der Waals surface area contributed by atoms with Crippen molar-refractivity contribution in [1.82, 2.24) is 25.7 Å². The van der Waals surface area contributed by atoms with E-state index >= 15 is 0 Å². The number of carbonyl (C=O) groups excluding carboxylic acids is 2. The van der Waals surface area contributed by atoms with Crippen LogP contribution in [0.2, 0.25) is 0 Å². The van der Waals surface area contributed by atoms with Crippen molar-refractivity contribution in [3.05, 3.63) is 35.9 Å². The van der Waals surface area contributed by atoms with Gasteiger partial charge in [0, 0.05) is 13.1 Å². The number of para-hydroxylation sites is 1. The van der Waals surface area contributed by atoms with Gasteiger partial charge in [-0.1, -0.05) is 11.2 Å². The molecule has 13 nitrogen and oxygen atoms in total. The number of ether oxygens (including phenoxy) is 2. The van der Waals surface area contributed by atoms with Crippen molar-refractivity contribution in [1.29, 1.82) is 0 Å². The lowest BCUT2D eigenvalue weighted by molar-refractivity contribution is 0.0958. The molecule has 3 rings (SSSR count). The third kappa shape index (κ3) is 4.67. The summed E-state index contributed by atoms with van der Waals surface area (Å²) in [5, 5.41) is 28.6. The van der Waals surface area contributed by atoms with Crippen LogP contribution in [0.15, 0.2) is 28.8 Å². The third-order valence-electron chi connectivity index (χ3n) is 3.98. The summed E-state index contributed by atoms with van der Waals surface area (Å²) in [6.07, 6.45) is -0.746. The second-order valence-corrected chi connectivity index (χ2v) is 5.87. The number of benzene rings is 1. The number of anilines is 3. The predicted octanol–water partition coefficient (Wildman–Crippen LogP) is 1.31. The van der Waals surface area contributed by atoms with E-state index in [4.69, 9.17) is 14.4 Å². The largest absolute Gasteiger partial charge is 0.494 e. The van der Waals surface area contributed by atoms with Crippen LogP contribution in [0, 0.1) is 0 Å². The quantitative estimate of drug-likeness (QED) is 0.426. The molecule has 0 radical (unpaired) electrons. The summed E-state index contributed by atoms with van der Waals surface area (Å²) in [4.78, 5) is 27.8. The van der Waals surface area contributed by atoms with Crippen molar-refractivity contribution < 1.29 is 28.7 Å². The minimum Gasteiger partial charge on any atom is -0.494 e. The molecular formula is C18H19N7O6. The van der Waals surface area contributed by atoms with Crippen molar-refractivity contribution in [3.63, 3.8) is 0 Å². The first-order chi connectivity index (χ1) is 15.0. The number of amides is 2. The Balaban J connectivity index is 2.04. The van der Waals surface area contributed by atoms with Crippen molar-refractivity contribution in [2.24, 2.45) is 0 Å². The van der Waals surface area contributed by atoms with E-state index in [0.29, 0.717) is 17.0 Å². The SMILES string of the molecule is CNC(=O)c1nnc(NC(=O)OC)cc1Nc1cccc(-c2noc(CO)n2)c1OC. The van der Waals surface area contributed by atoms with Gasteiger partial charge in [0.2, 0.25) is 5.82 Å². The van der Waals surface area contributed by atoms with Gasteiger partial charge in [-0.2, -0.15) is 4.98 Å². The molecule has 0 unspecified atom stereocenters. The molecule has 0 spiro atoms. The Morgan fingerprint density at radius 3 is 2.65 bits per heavy atom. The van der Waals surface area contributed by atoms with Gasteiger partial charge in [0.1, 0.15) is 6.61 Å². The maximum Gasteiger partial charge on any atom is 0.412 e. The summed E-state index contributed by atoms with van der Waals surface area (Å²) in [5.74, 6) is 0.157. The first-order valence-electron chi connectivity index (χ1n) is 8.83. The Bertz CT molecular complexity index is 1100. The molecule has 31 heavy (non-hydrogen) atoms. The minimum atomic E-state index is -0.746. The van der Waals surface area contributed by atoms with Crippen LogP contribution in [0.5, 0.6) is 5.75 Å². The van der Waals surface area contributed by atoms with Crippen molar-refractivity contribution >= 4 is 29.2 Å². The van der Waals surface area contributed by atoms with E-state index < -0.39 is 18.6 Å². The normalized spacial score (nSPS) is 10.3. The molecule has 0 bridgehead atoms. The number of rotatable bonds is 7. The highest BCUT2D eigenvalue weighted by atomic mass is 16.5. The van der Waals surface area contributed by atoms with Gasteiger partial charge in [0.15, 0.2) is 17.3 Å². The van der Waals surface area contributed by atoms with Crippen molar-refractivity contribution in [3.8, 4) is 17.1 Å². The summed E-state index contributed by atoms with van der Waals surface area (Å²) in [6.45, 7) is -0.401. The molecule has 0 fully saturated rings. The molecule has 3 aromatic rings. The molecule has 1 aromatic carbocycles. The van der Waals surface area contributed by atoms with E-state index in [9.17, 15) is 9.59 Å². The lowest BCUT2D eigenvalue weighted by atomic mass is 10.1. The smallest absolute Gasteiger partial charge is 0.412 e. The Labute approximate surface area is 175 Å². The molecular weight excluding hydrogens is 410 g/mol. The Morgan fingerprint density at radius 2 is 2.00 bits per heavy atom. The molecule has 2 heterocycles. The Hall–Kier alpha value is -4.26. The zero-order valence-electron chi connectivity index (χ0n) is 16.8.